The van der Waals surface area contributed by atoms with E-state index in [0.717, 1.165) is 6.42 Å². The Morgan fingerprint density at radius 3 is 2.67 bits per heavy atom. The van der Waals surface area contributed by atoms with Crippen LogP contribution in [0.4, 0.5) is 0 Å². The molecule has 5 heterocycles. The summed E-state index contributed by atoms with van der Waals surface area (Å²) in [6.07, 6.45) is 19.6. The molecule has 2 aromatic rings. The number of allylic oxidation sites excluding steroid dienone is 8. The van der Waals surface area contributed by atoms with Crippen molar-refractivity contribution < 1.29 is 51.3 Å². The van der Waals surface area contributed by atoms with E-state index < -0.39 is 0 Å². The Hall–Kier alpha value is -1.36. The monoisotopic (exact) mass is 730 g/mol. The number of aromatic nitrogens is 2. The van der Waals surface area contributed by atoms with Gasteiger partial charge in [-0.1, -0.05) is 53.2 Å². The maximum Gasteiger partial charge on any atom is 0.181 e. The molecule has 3 unspecified atom stereocenters. The average Bonchev–Trinajstić information content (AvgIpc) is 3.54. The van der Waals surface area contributed by atoms with Gasteiger partial charge in [0.2, 0.25) is 0 Å². The zero-order valence-corrected chi connectivity index (χ0v) is 22.5. The summed E-state index contributed by atoms with van der Waals surface area (Å²) in [5, 5.41) is 0. The fraction of sp³-hybridized carbons (Fsp3) is 0.308. The van der Waals surface area contributed by atoms with Crippen molar-refractivity contribution in [3.63, 3.8) is 0 Å². The van der Waals surface area contributed by atoms with Crippen LogP contribution in [0, 0.1) is 18.1 Å². The van der Waals surface area contributed by atoms with Gasteiger partial charge in [-0.15, -0.1) is 0 Å². The van der Waals surface area contributed by atoms with Crippen LogP contribution in [0.2, 0.25) is 0 Å². The normalized spacial score (nSPS) is 26.6. The molecule has 6 aliphatic rings. The van der Waals surface area contributed by atoms with Gasteiger partial charge in [-0.05, 0) is 12.1 Å². The first-order valence-corrected chi connectivity index (χ1v) is 10.6. The van der Waals surface area contributed by atoms with Gasteiger partial charge in [0.15, 0.2) is 24.0 Å². The molecule has 3 aliphatic heterocycles. The van der Waals surface area contributed by atoms with Crippen LogP contribution in [0.5, 0.6) is 0 Å². The number of rotatable bonds is 0. The molecule has 0 bridgehead atoms. The van der Waals surface area contributed by atoms with Crippen LogP contribution in [0.1, 0.15) is 54.8 Å². The summed E-state index contributed by atoms with van der Waals surface area (Å²) in [6.45, 7) is 0. The van der Waals surface area contributed by atoms with Crippen molar-refractivity contribution in [2.24, 2.45) is 5.92 Å². The summed E-state index contributed by atoms with van der Waals surface area (Å²) in [6, 6.07) is 14.5. The van der Waals surface area contributed by atoms with Crippen molar-refractivity contribution in [3.8, 4) is 0 Å². The van der Waals surface area contributed by atoms with Crippen molar-refractivity contribution in [2.75, 3.05) is 0 Å². The van der Waals surface area contributed by atoms with Gasteiger partial charge in [-0.25, -0.2) is 21.3 Å². The Balaban J connectivity index is 0.000000120. The smallest absolute Gasteiger partial charge is 0.181 e. The zero-order valence-electron chi connectivity index (χ0n) is 16.7. The molecule has 3 aliphatic carbocycles. The fourth-order valence-corrected chi connectivity index (χ4v) is 6.23. The van der Waals surface area contributed by atoms with Gasteiger partial charge in [0.25, 0.3) is 0 Å². The van der Waals surface area contributed by atoms with Gasteiger partial charge in [-0.2, -0.15) is 0 Å². The SMILES string of the molecule is [C-]1=CC2=C(C1)C1CCc3cccc2[n+]31.[C-]1=CC2=C3C1CCC3[n+]1ccccc12.[W].[W]. The van der Waals surface area contributed by atoms with Crippen LogP contribution in [0.15, 0.2) is 65.9 Å². The largest absolute Gasteiger partial charge is 0.272 e. The average molecular weight is 730 g/mol. The van der Waals surface area contributed by atoms with Crippen LogP contribution in [-0.4, -0.2) is 0 Å². The molecule has 0 aromatic carbocycles. The minimum atomic E-state index is 0. The van der Waals surface area contributed by atoms with Crippen molar-refractivity contribution in [1.82, 2.24) is 0 Å². The summed E-state index contributed by atoms with van der Waals surface area (Å²) < 4.78 is 4.96. The summed E-state index contributed by atoms with van der Waals surface area (Å²) in [5.74, 6) is 0.634. The number of hydrogen-bond acceptors (Lipinski definition) is 0. The van der Waals surface area contributed by atoms with E-state index in [1.54, 1.807) is 11.1 Å². The van der Waals surface area contributed by atoms with E-state index in [-0.39, 0.29) is 42.1 Å². The van der Waals surface area contributed by atoms with Crippen LogP contribution in [0.25, 0.3) is 11.1 Å². The topological polar surface area (TPSA) is 7.76 Å². The van der Waals surface area contributed by atoms with Crippen molar-refractivity contribution in [3.05, 3.63) is 95.1 Å². The molecule has 2 nitrogen and oxygen atoms in total. The molecule has 0 radical (unpaired) electrons. The molecule has 0 spiro atoms. The van der Waals surface area contributed by atoms with Crippen molar-refractivity contribution >= 4 is 11.1 Å². The zero-order chi connectivity index (χ0) is 18.2. The van der Waals surface area contributed by atoms with Gasteiger partial charge in [0, 0.05) is 73.5 Å². The summed E-state index contributed by atoms with van der Waals surface area (Å²) in [4.78, 5) is 0. The Morgan fingerprint density at radius 1 is 0.833 bits per heavy atom. The maximum atomic E-state index is 3.48. The number of nitrogens with zero attached hydrogens (tertiary/aromatic N) is 2. The molecule has 1 saturated carbocycles. The van der Waals surface area contributed by atoms with E-state index in [2.05, 4.69) is 76.0 Å². The Kier molecular flexibility index (Phi) is 5.23. The number of aryl methyl sites for hydroxylation is 1. The second kappa shape index (κ2) is 7.65. The first kappa shape index (κ1) is 20.5. The van der Waals surface area contributed by atoms with E-state index in [1.165, 1.54) is 53.9 Å². The fourth-order valence-electron chi connectivity index (χ4n) is 6.23. The Morgan fingerprint density at radius 2 is 1.73 bits per heavy atom. The Labute approximate surface area is 206 Å². The van der Waals surface area contributed by atoms with Gasteiger partial charge in [-0.3, -0.25) is 12.2 Å². The van der Waals surface area contributed by atoms with Crippen LogP contribution in [0.3, 0.4) is 0 Å². The first-order chi connectivity index (χ1) is 13.9. The van der Waals surface area contributed by atoms with Gasteiger partial charge in [0.1, 0.15) is 11.4 Å². The van der Waals surface area contributed by atoms with Crippen molar-refractivity contribution in [2.45, 2.75) is 44.2 Å². The predicted molar refractivity (Wildman–Crippen MR) is 106 cm³/mol. The van der Waals surface area contributed by atoms with Gasteiger partial charge >= 0.3 is 0 Å². The maximum absolute atomic E-state index is 3.48. The number of fused-ring (bicyclic) bond motifs is 5. The van der Waals surface area contributed by atoms with Crippen LogP contribution < -0.4 is 9.13 Å². The molecule has 0 saturated heterocycles. The molecule has 3 atom stereocenters. The number of pyridine rings is 2. The van der Waals surface area contributed by atoms with E-state index in [9.17, 15) is 0 Å². The first-order valence-electron chi connectivity index (χ1n) is 10.6. The van der Waals surface area contributed by atoms with Crippen LogP contribution in [-0.2, 0) is 48.6 Å². The molecule has 1 fully saturated rings. The molecular formula is C26H22N2W2. The summed E-state index contributed by atoms with van der Waals surface area (Å²) >= 11 is 0. The van der Waals surface area contributed by atoms with Gasteiger partial charge < -0.3 is 0 Å². The minimum absolute atomic E-state index is 0. The third-order valence-corrected chi connectivity index (χ3v) is 7.37. The molecule has 8 rings (SSSR count). The second-order valence-electron chi connectivity index (χ2n) is 8.61. The number of hydrogen-bond donors (Lipinski definition) is 0. The van der Waals surface area contributed by atoms with Crippen molar-refractivity contribution in [1.29, 1.82) is 0 Å². The molecule has 148 valence electrons. The van der Waals surface area contributed by atoms with Gasteiger partial charge in [0.05, 0.1) is 0 Å². The quantitative estimate of drug-likeness (QED) is 0.286. The molecule has 30 heavy (non-hydrogen) atoms. The molecule has 0 amide bonds. The van der Waals surface area contributed by atoms with E-state index >= 15 is 0 Å². The second-order valence-corrected chi connectivity index (χ2v) is 8.61. The summed E-state index contributed by atoms with van der Waals surface area (Å²) in [5.41, 5.74) is 10.5. The minimum Gasteiger partial charge on any atom is -0.272 e. The third-order valence-electron chi connectivity index (χ3n) is 7.37. The van der Waals surface area contributed by atoms with Crippen LogP contribution >= 0.6 is 0 Å². The standard InChI is InChI=1S/2C13H11N.2W/c1-3-9-7-8-13-11-5-2-4-10(11)12(6-1)14(9)13;1-2-8-14-11(3-1)10-6-4-9-5-7-12(14)13(9)10;;/h1,3-4,6,13H,5,7-8H2;1-3,6,8-9,12H,5,7H2;;. The van der Waals surface area contributed by atoms with E-state index in [0.29, 0.717) is 18.0 Å². The predicted octanol–water partition coefficient (Wildman–Crippen LogP) is 4.05. The molecular weight excluding hydrogens is 708 g/mol. The molecule has 2 aromatic heterocycles. The third kappa shape index (κ3) is 2.69. The molecule has 0 N–H and O–H groups in total. The van der Waals surface area contributed by atoms with E-state index in [1.807, 2.05) is 0 Å². The van der Waals surface area contributed by atoms with E-state index in [4.69, 9.17) is 0 Å². The summed E-state index contributed by atoms with van der Waals surface area (Å²) in [7, 11) is 0. The Bertz CT molecular complexity index is 1170. The molecule has 4 heteroatoms.